The van der Waals surface area contributed by atoms with Crippen molar-refractivity contribution in [3.05, 3.63) is 88.0 Å². The predicted molar refractivity (Wildman–Crippen MR) is 105 cm³/mol. The number of amides is 1. The quantitative estimate of drug-likeness (QED) is 0.543. The van der Waals surface area contributed by atoms with E-state index in [2.05, 4.69) is 21.4 Å². The molecule has 8 nitrogen and oxygen atoms in total. The van der Waals surface area contributed by atoms with Crippen LogP contribution >= 0.6 is 0 Å². The van der Waals surface area contributed by atoms with Crippen molar-refractivity contribution in [2.45, 2.75) is 6.61 Å². The van der Waals surface area contributed by atoms with Crippen LogP contribution in [0.25, 0.3) is 11.2 Å². The van der Waals surface area contributed by atoms with Crippen molar-refractivity contribution in [3.63, 3.8) is 0 Å². The lowest BCUT2D eigenvalue weighted by molar-refractivity contribution is 0.102. The van der Waals surface area contributed by atoms with Gasteiger partial charge in [-0.2, -0.15) is 5.26 Å². The Morgan fingerprint density at radius 3 is 2.90 bits per heavy atom. The summed E-state index contributed by atoms with van der Waals surface area (Å²) in [7, 11) is 0. The summed E-state index contributed by atoms with van der Waals surface area (Å²) in [6.45, 7) is 0.291. The SMILES string of the molecule is N#Cc1cccc(COc2cccc(NC(=O)c3ccc4oc(=O)[nH]c4n3)c2)c1. The van der Waals surface area contributed by atoms with Crippen LogP contribution in [-0.4, -0.2) is 15.9 Å². The number of aromatic nitrogens is 2. The van der Waals surface area contributed by atoms with E-state index in [1.54, 1.807) is 42.5 Å². The van der Waals surface area contributed by atoms with Crippen molar-refractivity contribution in [3.8, 4) is 11.8 Å². The molecule has 0 bridgehead atoms. The number of ether oxygens (including phenoxy) is 1. The van der Waals surface area contributed by atoms with Crippen molar-refractivity contribution < 1.29 is 13.9 Å². The Kier molecular flexibility index (Phi) is 4.78. The first kappa shape index (κ1) is 18.0. The highest BCUT2D eigenvalue weighted by Gasteiger charge is 2.11. The van der Waals surface area contributed by atoms with E-state index in [0.29, 0.717) is 23.6 Å². The molecule has 2 heterocycles. The Morgan fingerprint density at radius 2 is 2.03 bits per heavy atom. The Balaban J connectivity index is 1.45. The van der Waals surface area contributed by atoms with Gasteiger partial charge in [0.15, 0.2) is 11.2 Å². The number of nitriles is 1. The van der Waals surface area contributed by atoms with Gasteiger partial charge in [0.1, 0.15) is 18.1 Å². The smallest absolute Gasteiger partial charge is 0.418 e. The number of nitrogens with one attached hydrogen (secondary N) is 2. The zero-order valence-corrected chi connectivity index (χ0v) is 15.0. The van der Waals surface area contributed by atoms with Crippen LogP contribution in [0.15, 0.2) is 69.9 Å². The minimum Gasteiger partial charge on any atom is -0.489 e. The summed E-state index contributed by atoms with van der Waals surface area (Å²) in [5, 5.41) is 11.7. The highest BCUT2D eigenvalue weighted by molar-refractivity contribution is 6.03. The maximum Gasteiger partial charge on any atom is 0.418 e. The number of anilines is 1. The molecule has 29 heavy (non-hydrogen) atoms. The van der Waals surface area contributed by atoms with Crippen molar-refractivity contribution in [2.75, 3.05) is 5.32 Å². The van der Waals surface area contributed by atoms with Gasteiger partial charge in [0.05, 0.1) is 11.6 Å². The standard InChI is InChI=1S/C21H14N4O4/c22-11-13-3-1-4-14(9-13)12-28-16-6-2-5-15(10-16)23-20(26)17-7-8-18-19(24-17)25-21(27)29-18/h1-10H,12H2,(H,23,26)(H,24,25,27). The molecule has 0 atom stereocenters. The van der Waals surface area contributed by atoms with Gasteiger partial charge in [-0.1, -0.05) is 18.2 Å². The number of aromatic amines is 1. The monoisotopic (exact) mass is 386 g/mol. The molecule has 0 saturated heterocycles. The summed E-state index contributed by atoms with van der Waals surface area (Å²) in [6, 6.07) is 19.1. The Bertz CT molecular complexity index is 1300. The van der Waals surface area contributed by atoms with E-state index in [4.69, 9.17) is 14.4 Å². The highest BCUT2D eigenvalue weighted by Crippen LogP contribution is 2.20. The first-order valence-corrected chi connectivity index (χ1v) is 8.64. The number of H-pyrrole nitrogens is 1. The van der Waals surface area contributed by atoms with Gasteiger partial charge in [0.25, 0.3) is 5.91 Å². The first-order chi connectivity index (χ1) is 14.1. The lowest BCUT2D eigenvalue weighted by Crippen LogP contribution is -2.13. The van der Waals surface area contributed by atoms with E-state index in [-0.39, 0.29) is 16.9 Å². The summed E-state index contributed by atoms with van der Waals surface area (Å²) in [5.41, 5.74) is 2.58. The largest absolute Gasteiger partial charge is 0.489 e. The van der Waals surface area contributed by atoms with Crippen molar-refractivity contribution >= 4 is 22.8 Å². The van der Waals surface area contributed by atoms with Gasteiger partial charge in [-0.15, -0.1) is 0 Å². The molecule has 0 unspecified atom stereocenters. The molecule has 0 spiro atoms. The summed E-state index contributed by atoms with van der Waals surface area (Å²) in [6.07, 6.45) is 0. The van der Waals surface area contributed by atoms with Crippen molar-refractivity contribution in [2.24, 2.45) is 0 Å². The zero-order valence-electron chi connectivity index (χ0n) is 15.0. The Hall–Kier alpha value is -4.38. The summed E-state index contributed by atoms with van der Waals surface area (Å²) in [4.78, 5) is 30.2. The van der Waals surface area contributed by atoms with Gasteiger partial charge in [-0.25, -0.2) is 9.78 Å². The van der Waals surface area contributed by atoms with E-state index in [9.17, 15) is 9.59 Å². The molecule has 0 aliphatic carbocycles. The minimum atomic E-state index is -0.629. The van der Waals surface area contributed by atoms with E-state index >= 15 is 0 Å². The lowest BCUT2D eigenvalue weighted by Gasteiger charge is -2.09. The topological polar surface area (TPSA) is 121 Å². The van der Waals surface area contributed by atoms with Crippen molar-refractivity contribution in [1.29, 1.82) is 5.26 Å². The first-order valence-electron chi connectivity index (χ1n) is 8.64. The molecular weight excluding hydrogens is 372 g/mol. The third-order valence-electron chi connectivity index (χ3n) is 4.07. The van der Waals surface area contributed by atoms with Crippen LogP contribution in [0.4, 0.5) is 5.69 Å². The zero-order chi connectivity index (χ0) is 20.2. The second-order valence-electron chi connectivity index (χ2n) is 6.14. The number of fused-ring (bicyclic) bond motifs is 1. The molecule has 4 aromatic rings. The Morgan fingerprint density at radius 1 is 1.17 bits per heavy atom. The summed E-state index contributed by atoms with van der Waals surface area (Å²) in [5.74, 6) is -0.504. The molecular formula is C21H14N4O4. The molecule has 2 aromatic heterocycles. The molecule has 0 aliphatic heterocycles. The lowest BCUT2D eigenvalue weighted by atomic mass is 10.1. The number of rotatable bonds is 5. The fourth-order valence-corrected chi connectivity index (χ4v) is 2.72. The number of benzene rings is 2. The van der Waals surface area contributed by atoms with Crippen LogP contribution in [0.3, 0.4) is 0 Å². The van der Waals surface area contributed by atoms with Gasteiger partial charge < -0.3 is 14.5 Å². The number of nitrogens with zero attached hydrogens (tertiary/aromatic N) is 2. The van der Waals surface area contributed by atoms with Gasteiger partial charge in [0, 0.05) is 11.8 Å². The van der Waals surface area contributed by atoms with Gasteiger partial charge in [-0.3, -0.25) is 9.78 Å². The van der Waals surface area contributed by atoms with Crippen LogP contribution in [-0.2, 0) is 6.61 Å². The van der Waals surface area contributed by atoms with E-state index < -0.39 is 11.7 Å². The van der Waals surface area contributed by atoms with Gasteiger partial charge in [0.2, 0.25) is 0 Å². The molecule has 0 fully saturated rings. The fraction of sp³-hybridized carbons (Fsp3) is 0.0476. The average molecular weight is 386 g/mol. The molecule has 0 aliphatic rings. The Labute approximate surface area is 164 Å². The van der Waals surface area contributed by atoms with Crippen molar-refractivity contribution in [1.82, 2.24) is 9.97 Å². The van der Waals surface area contributed by atoms with Crippen LogP contribution < -0.4 is 15.8 Å². The fourth-order valence-electron chi connectivity index (χ4n) is 2.72. The number of hydrogen-bond donors (Lipinski definition) is 2. The molecule has 142 valence electrons. The second kappa shape index (κ2) is 7.70. The third kappa shape index (κ3) is 4.14. The van der Waals surface area contributed by atoms with E-state index in [1.807, 2.05) is 6.07 Å². The maximum atomic E-state index is 12.5. The molecule has 0 radical (unpaired) electrons. The summed E-state index contributed by atoms with van der Waals surface area (Å²) < 4.78 is 10.6. The van der Waals surface area contributed by atoms with Crippen LogP contribution in [0, 0.1) is 11.3 Å². The maximum absolute atomic E-state index is 12.5. The molecule has 2 aromatic carbocycles. The number of carbonyl (C=O) groups is 1. The normalized spacial score (nSPS) is 10.4. The minimum absolute atomic E-state index is 0.134. The number of oxazole rings is 1. The van der Waals surface area contributed by atoms with E-state index in [1.165, 1.54) is 12.1 Å². The van der Waals surface area contributed by atoms with Gasteiger partial charge >= 0.3 is 5.76 Å². The molecule has 2 N–H and O–H groups in total. The highest BCUT2D eigenvalue weighted by atomic mass is 16.5. The predicted octanol–water partition coefficient (Wildman–Crippen LogP) is 3.22. The second-order valence-corrected chi connectivity index (χ2v) is 6.14. The molecule has 0 saturated carbocycles. The summed E-state index contributed by atoms with van der Waals surface area (Å²) >= 11 is 0. The molecule has 8 heteroatoms. The average Bonchev–Trinajstić information content (AvgIpc) is 3.12. The van der Waals surface area contributed by atoms with Crippen LogP contribution in [0.5, 0.6) is 5.75 Å². The third-order valence-corrected chi connectivity index (χ3v) is 4.07. The number of carbonyl (C=O) groups excluding carboxylic acids is 1. The number of pyridine rings is 1. The molecule has 1 amide bonds. The van der Waals surface area contributed by atoms with E-state index in [0.717, 1.165) is 5.56 Å². The molecule has 4 rings (SSSR count). The van der Waals surface area contributed by atoms with Crippen LogP contribution in [0.2, 0.25) is 0 Å². The van der Waals surface area contributed by atoms with Gasteiger partial charge in [-0.05, 0) is 42.0 Å². The number of hydrogen-bond acceptors (Lipinski definition) is 6. The van der Waals surface area contributed by atoms with Crippen LogP contribution in [0.1, 0.15) is 21.6 Å².